The molecule has 15 heteroatoms. The third-order valence-corrected chi connectivity index (χ3v) is 6.80. The number of rotatable bonds is 11. The minimum Gasteiger partial charge on any atom is -0.494 e. The normalized spacial score (nSPS) is 14.1. The Morgan fingerprint density at radius 1 is 0.977 bits per heavy atom. The molecule has 0 unspecified atom stereocenters. The molecule has 1 aliphatic heterocycles. The lowest BCUT2D eigenvalue weighted by molar-refractivity contribution is -0.385. The molecule has 0 spiro atoms. The second-order valence-electron chi connectivity index (χ2n) is 8.95. The number of nitro benzene ring substituents is 1. The molecular formula is C29H24F3N3O8S. The molecule has 230 valence electrons. The number of nitrogens with zero attached hydrogens (tertiary/aromatic N) is 2. The molecule has 44 heavy (non-hydrogen) atoms. The monoisotopic (exact) mass is 631 g/mol. The van der Waals surface area contributed by atoms with E-state index in [1.54, 1.807) is 31.2 Å². The van der Waals surface area contributed by atoms with Crippen molar-refractivity contribution in [1.82, 2.24) is 4.90 Å². The van der Waals surface area contributed by atoms with Crippen molar-refractivity contribution in [2.45, 2.75) is 20.0 Å². The van der Waals surface area contributed by atoms with Gasteiger partial charge in [-0.15, -0.1) is 0 Å². The first-order chi connectivity index (χ1) is 20.9. The summed E-state index contributed by atoms with van der Waals surface area (Å²) in [6, 6.07) is 12.7. The van der Waals surface area contributed by atoms with Crippen LogP contribution in [0.5, 0.6) is 23.0 Å². The van der Waals surface area contributed by atoms with Crippen LogP contribution in [0.3, 0.4) is 0 Å². The molecule has 0 aliphatic carbocycles. The highest BCUT2D eigenvalue weighted by atomic mass is 32.2. The van der Waals surface area contributed by atoms with E-state index in [-0.39, 0.29) is 23.0 Å². The maximum atomic E-state index is 13.1. The summed E-state index contributed by atoms with van der Waals surface area (Å²) in [7, 11) is 0. The topological polar surface area (TPSA) is 137 Å². The lowest BCUT2D eigenvalue weighted by Crippen LogP contribution is -2.36. The quantitative estimate of drug-likeness (QED) is 0.136. The van der Waals surface area contributed by atoms with E-state index in [0.717, 1.165) is 11.0 Å². The zero-order valence-corrected chi connectivity index (χ0v) is 24.0. The minimum absolute atomic E-state index is 0.0263. The molecule has 4 rings (SSSR count). The molecule has 0 aromatic heterocycles. The molecule has 0 bridgehead atoms. The first-order valence-corrected chi connectivity index (χ1v) is 13.8. The molecule has 1 saturated heterocycles. The number of carbonyl (C=O) groups is 3. The molecule has 0 radical (unpaired) electrons. The van der Waals surface area contributed by atoms with Gasteiger partial charge in [-0.3, -0.25) is 29.4 Å². The minimum atomic E-state index is -4.79. The number of anilines is 1. The van der Waals surface area contributed by atoms with E-state index in [4.69, 9.17) is 14.2 Å². The van der Waals surface area contributed by atoms with E-state index in [2.05, 4.69) is 5.32 Å². The van der Waals surface area contributed by atoms with Gasteiger partial charge in [-0.1, -0.05) is 6.07 Å². The van der Waals surface area contributed by atoms with Crippen LogP contribution in [0.4, 0.5) is 29.3 Å². The molecule has 1 fully saturated rings. The number of nitrogens with one attached hydrogen (secondary N) is 1. The van der Waals surface area contributed by atoms with Crippen molar-refractivity contribution in [2.24, 2.45) is 0 Å². The van der Waals surface area contributed by atoms with E-state index >= 15 is 0 Å². The summed E-state index contributed by atoms with van der Waals surface area (Å²) in [5.41, 5.74) is -1.27. The Hall–Kier alpha value is -5.05. The number of halogens is 3. The van der Waals surface area contributed by atoms with Gasteiger partial charge in [-0.05, 0) is 85.8 Å². The summed E-state index contributed by atoms with van der Waals surface area (Å²) in [4.78, 5) is 49.3. The standard InChI is InChI=1S/C29H24F3N3O8S/c1-3-41-20-9-7-19(8-10-20)33-26(36)16-34-27(37)25(44-28(34)38)14-17-5-11-23(24(13-17)42-4-2)43-22-12-6-18(29(30,31)32)15-21(22)35(39)40/h5-15H,3-4,16H2,1-2H3,(H,33,36)/b25-14+. The maximum Gasteiger partial charge on any atom is 0.416 e. The number of ether oxygens (including phenoxy) is 3. The van der Waals surface area contributed by atoms with Crippen molar-refractivity contribution in [3.8, 4) is 23.0 Å². The van der Waals surface area contributed by atoms with Crippen molar-refractivity contribution in [1.29, 1.82) is 0 Å². The van der Waals surface area contributed by atoms with Gasteiger partial charge in [-0.25, -0.2) is 0 Å². The molecule has 1 heterocycles. The second-order valence-corrected chi connectivity index (χ2v) is 9.95. The average Bonchev–Trinajstić information content (AvgIpc) is 3.22. The summed E-state index contributed by atoms with van der Waals surface area (Å²) < 4.78 is 55.7. The lowest BCUT2D eigenvalue weighted by Gasteiger charge is -2.14. The largest absolute Gasteiger partial charge is 0.494 e. The van der Waals surface area contributed by atoms with Crippen LogP contribution in [0, 0.1) is 10.1 Å². The van der Waals surface area contributed by atoms with Crippen LogP contribution < -0.4 is 19.5 Å². The molecule has 3 aromatic carbocycles. The van der Waals surface area contributed by atoms with E-state index < -0.39 is 51.7 Å². The number of benzene rings is 3. The Morgan fingerprint density at radius 2 is 1.66 bits per heavy atom. The van der Waals surface area contributed by atoms with E-state index in [1.165, 1.54) is 24.3 Å². The first kappa shape index (κ1) is 31.9. The van der Waals surface area contributed by atoms with Crippen LogP contribution in [0.15, 0.2) is 65.6 Å². The average molecular weight is 632 g/mol. The van der Waals surface area contributed by atoms with Crippen molar-refractivity contribution in [3.05, 3.63) is 86.8 Å². The number of hydrogen-bond donors (Lipinski definition) is 1. The molecular weight excluding hydrogens is 607 g/mol. The SMILES string of the molecule is CCOc1ccc(NC(=O)CN2C(=O)S/C(=C/c3ccc(Oc4ccc(C(F)(F)F)cc4[N+](=O)[O-])c(OCC)c3)C2=O)cc1. The molecule has 0 atom stereocenters. The van der Waals surface area contributed by atoms with Crippen molar-refractivity contribution >= 4 is 46.3 Å². The fourth-order valence-electron chi connectivity index (χ4n) is 3.94. The maximum absolute atomic E-state index is 13.1. The third kappa shape index (κ3) is 7.66. The predicted octanol–water partition coefficient (Wildman–Crippen LogP) is 6.88. The number of imide groups is 1. The number of thioether (sulfide) groups is 1. The fourth-order valence-corrected chi connectivity index (χ4v) is 4.78. The van der Waals surface area contributed by atoms with Crippen molar-refractivity contribution < 1.29 is 46.7 Å². The van der Waals surface area contributed by atoms with Gasteiger partial charge in [0.05, 0.1) is 28.6 Å². The van der Waals surface area contributed by atoms with Crippen molar-refractivity contribution in [2.75, 3.05) is 25.1 Å². The van der Waals surface area contributed by atoms with Gasteiger partial charge in [0.15, 0.2) is 11.5 Å². The highest BCUT2D eigenvalue weighted by molar-refractivity contribution is 8.18. The Morgan fingerprint density at radius 3 is 2.30 bits per heavy atom. The summed E-state index contributed by atoms with van der Waals surface area (Å²) in [5.74, 6) is -1.07. The van der Waals surface area contributed by atoms with Gasteiger partial charge in [-0.2, -0.15) is 13.2 Å². The van der Waals surface area contributed by atoms with Gasteiger partial charge >= 0.3 is 11.9 Å². The van der Waals surface area contributed by atoms with Crippen LogP contribution in [0.2, 0.25) is 0 Å². The number of nitro groups is 1. The van der Waals surface area contributed by atoms with Crippen LogP contribution >= 0.6 is 11.8 Å². The Bertz CT molecular complexity index is 1630. The first-order valence-electron chi connectivity index (χ1n) is 13.0. The van der Waals surface area contributed by atoms with Crippen LogP contribution in [-0.4, -0.2) is 46.6 Å². The number of hydrogen-bond acceptors (Lipinski definition) is 9. The predicted molar refractivity (Wildman–Crippen MR) is 155 cm³/mol. The van der Waals surface area contributed by atoms with Crippen molar-refractivity contribution in [3.63, 3.8) is 0 Å². The molecule has 11 nitrogen and oxygen atoms in total. The van der Waals surface area contributed by atoms with E-state index in [0.29, 0.717) is 47.5 Å². The summed E-state index contributed by atoms with van der Waals surface area (Å²) in [6.45, 7) is 3.59. The number of amides is 3. The molecule has 1 aliphatic rings. The third-order valence-electron chi connectivity index (χ3n) is 5.89. The molecule has 3 amide bonds. The summed E-state index contributed by atoms with van der Waals surface area (Å²) in [6.07, 6.45) is -3.40. The highest BCUT2D eigenvalue weighted by Crippen LogP contribution is 2.41. The van der Waals surface area contributed by atoms with Crippen LogP contribution in [0.1, 0.15) is 25.0 Å². The zero-order chi connectivity index (χ0) is 32.0. The Labute approximate surface area is 252 Å². The Kier molecular flexibility index (Phi) is 9.78. The van der Waals surface area contributed by atoms with Gasteiger partial charge in [0.25, 0.3) is 11.1 Å². The molecule has 1 N–H and O–H groups in total. The fraction of sp³-hybridized carbons (Fsp3) is 0.207. The molecule has 3 aromatic rings. The lowest BCUT2D eigenvalue weighted by atomic mass is 10.1. The van der Waals surface area contributed by atoms with Gasteiger partial charge in [0.2, 0.25) is 11.7 Å². The number of carbonyl (C=O) groups excluding carboxylic acids is 3. The van der Waals surface area contributed by atoms with Crippen LogP contribution in [0.25, 0.3) is 6.08 Å². The summed E-state index contributed by atoms with van der Waals surface area (Å²) >= 11 is 0.630. The van der Waals surface area contributed by atoms with E-state index in [9.17, 15) is 37.7 Å². The molecule has 0 saturated carbocycles. The smallest absolute Gasteiger partial charge is 0.416 e. The van der Waals surface area contributed by atoms with E-state index in [1.807, 2.05) is 6.92 Å². The van der Waals surface area contributed by atoms with Gasteiger partial charge < -0.3 is 19.5 Å². The zero-order valence-electron chi connectivity index (χ0n) is 23.2. The Balaban J connectivity index is 1.50. The number of alkyl halides is 3. The summed E-state index contributed by atoms with van der Waals surface area (Å²) in [5, 5.41) is 13.4. The van der Waals surface area contributed by atoms with Crippen LogP contribution in [-0.2, 0) is 15.8 Å². The van der Waals surface area contributed by atoms with Gasteiger partial charge in [0, 0.05) is 11.8 Å². The second kappa shape index (κ2) is 13.5. The van der Waals surface area contributed by atoms with Gasteiger partial charge in [0.1, 0.15) is 12.3 Å². The highest BCUT2D eigenvalue weighted by Gasteiger charge is 2.36.